The Hall–Kier alpha value is -3.06. The Bertz CT molecular complexity index is 833. The second-order valence-corrected chi connectivity index (χ2v) is 6.99. The molecule has 0 saturated carbocycles. The second-order valence-electron chi connectivity index (χ2n) is 6.99. The third kappa shape index (κ3) is 6.49. The lowest BCUT2D eigenvalue weighted by atomic mass is 10.1. The standard InChI is InChI=1S/C23H29N3O4/c1-2-28-22(24)18-4-3-5-21(16-18)29-15-14-26-23(27)17-6-8-19(9-7-17)30-20-10-12-25-13-11-20/h3-9,16,20,24-25H,2,10-15H2,1H3,(H,26,27). The quantitative estimate of drug-likeness (QED) is 0.335. The summed E-state index contributed by atoms with van der Waals surface area (Å²) >= 11 is 0. The van der Waals surface area contributed by atoms with Gasteiger partial charge in [0.15, 0.2) is 0 Å². The normalized spacial score (nSPS) is 14.0. The first-order valence-corrected chi connectivity index (χ1v) is 10.4. The Kier molecular flexibility index (Phi) is 8.09. The first-order chi connectivity index (χ1) is 14.7. The predicted molar refractivity (Wildman–Crippen MR) is 116 cm³/mol. The van der Waals surface area contributed by atoms with Crippen LogP contribution in [0.3, 0.4) is 0 Å². The minimum atomic E-state index is -0.154. The molecule has 0 bridgehead atoms. The molecule has 0 aromatic heterocycles. The van der Waals surface area contributed by atoms with Gasteiger partial charge in [0.2, 0.25) is 5.90 Å². The summed E-state index contributed by atoms with van der Waals surface area (Å²) in [5.41, 5.74) is 1.24. The van der Waals surface area contributed by atoms with Crippen LogP contribution < -0.4 is 20.1 Å². The molecule has 2 aromatic carbocycles. The van der Waals surface area contributed by atoms with Crippen molar-refractivity contribution in [2.75, 3.05) is 32.8 Å². The Labute approximate surface area is 177 Å². The van der Waals surface area contributed by atoms with Crippen LogP contribution in [0.4, 0.5) is 0 Å². The molecule has 1 fully saturated rings. The number of hydrogen-bond donors (Lipinski definition) is 3. The number of ether oxygens (including phenoxy) is 3. The molecule has 160 valence electrons. The van der Waals surface area contributed by atoms with E-state index in [1.54, 1.807) is 24.3 Å². The van der Waals surface area contributed by atoms with Crippen molar-refractivity contribution in [1.82, 2.24) is 10.6 Å². The van der Waals surface area contributed by atoms with Gasteiger partial charge in [-0.1, -0.05) is 6.07 Å². The lowest BCUT2D eigenvalue weighted by Gasteiger charge is -2.23. The second kappa shape index (κ2) is 11.2. The van der Waals surface area contributed by atoms with Crippen LogP contribution in [0.15, 0.2) is 48.5 Å². The van der Waals surface area contributed by atoms with Crippen molar-refractivity contribution in [3.8, 4) is 11.5 Å². The topological polar surface area (TPSA) is 92.7 Å². The molecule has 30 heavy (non-hydrogen) atoms. The summed E-state index contributed by atoms with van der Waals surface area (Å²) in [6, 6.07) is 14.4. The fourth-order valence-corrected chi connectivity index (χ4v) is 3.18. The lowest BCUT2D eigenvalue weighted by Crippen LogP contribution is -2.34. The molecule has 3 N–H and O–H groups in total. The molecule has 7 heteroatoms. The minimum absolute atomic E-state index is 0.115. The Morgan fingerprint density at radius 3 is 2.60 bits per heavy atom. The van der Waals surface area contributed by atoms with E-state index in [1.807, 2.05) is 31.2 Å². The van der Waals surface area contributed by atoms with Gasteiger partial charge in [-0.15, -0.1) is 0 Å². The van der Waals surface area contributed by atoms with Gasteiger partial charge in [0.05, 0.1) is 13.2 Å². The number of rotatable bonds is 9. The Morgan fingerprint density at radius 1 is 1.10 bits per heavy atom. The average molecular weight is 412 g/mol. The van der Waals surface area contributed by atoms with Crippen LogP contribution >= 0.6 is 0 Å². The molecule has 1 saturated heterocycles. The monoisotopic (exact) mass is 411 g/mol. The van der Waals surface area contributed by atoms with E-state index >= 15 is 0 Å². The SMILES string of the molecule is CCOC(=N)c1cccc(OCCNC(=O)c2ccc(OC3CCNCC3)cc2)c1. The number of amides is 1. The van der Waals surface area contributed by atoms with Crippen molar-refractivity contribution >= 4 is 11.8 Å². The van der Waals surface area contributed by atoms with E-state index in [-0.39, 0.29) is 17.9 Å². The van der Waals surface area contributed by atoms with Gasteiger partial charge in [-0.3, -0.25) is 10.2 Å². The molecule has 1 aliphatic heterocycles. The van der Waals surface area contributed by atoms with Gasteiger partial charge in [0, 0.05) is 11.1 Å². The lowest BCUT2D eigenvalue weighted by molar-refractivity contribution is 0.0947. The van der Waals surface area contributed by atoms with E-state index in [9.17, 15) is 4.79 Å². The summed E-state index contributed by atoms with van der Waals surface area (Å²) in [5.74, 6) is 1.38. The highest BCUT2D eigenvalue weighted by Crippen LogP contribution is 2.18. The number of carbonyl (C=O) groups is 1. The van der Waals surface area contributed by atoms with Crippen molar-refractivity contribution in [3.05, 3.63) is 59.7 Å². The molecule has 0 unspecified atom stereocenters. The molecule has 7 nitrogen and oxygen atoms in total. The summed E-state index contributed by atoms with van der Waals surface area (Å²) < 4.78 is 16.8. The van der Waals surface area contributed by atoms with E-state index in [0.717, 1.165) is 31.7 Å². The van der Waals surface area contributed by atoms with Crippen molar-refractivity contribution in [2.45, 2.75) is 25.9 Å². The number of benzene rings is 2. The van der Waals surface area contributed by atoms with Gasteiger partial charge in [-0.05, 0) is 75.3 Å². The molecule has 1 amide bonds. The summed E-state index contributed by atoms with van der Waals surface area (Å²) in [6.45, 7) is 4.94. The third-order valence-corrected chi connectivity index (χ3v) is 4.75. The van der Waals surface area contributed by atoms with E-state index in [1.165, 1.54) is 0 Å². The van der Waals surface area contributed by atoms with Gasteiger partial charge in [0.25, 0.3) is 5.91 Å². The molecular formula is C23H29N3O4. The van der Waals surface area contributed by atoms with E-state index in [4.69, 9.17) is 19.6 Å². The number of carbonyl (C=O) groups excluding carboxylic acids is 1. The van der Waals surface area contributed by atoms with E-state index in [2.05, 4.69) is 10.6 Å². The highest BCUT2D eigenvalue weighted by atomic mass is 16.5. The number of hydrogen-bond acceptors (Lipinski definition) is 6. The van der Waals surface area contributed by atoms with Crippen LogP contribution in [0, 0.1) is 5.41 Å². The molecule has 3 rings (SSSR count). The summed E-state index contributed by atoms with van der Waals surface area (Å²) in [4.78, 5) is 12.3. The van der Waals surface area contributed by atoms with Crippen LogP contribution in [0.5, 0.6) is 11.5 Å². The van der Waals surface area contributed by atoms with E-state index < -0.39 is 0 Å². The maximum atomic E-state index is 12.3. The van der Waals surface area contributed by atoms with Crippen LogP contribution in [0.2, 0.25) is 0 Å². The first-order valence-electron chi connectivity index (χ1n) is 10.4. The molecule has 0 aliphatic carbocycles. The van der Waals surface area contributed by atoms with Crippen LogP contribution in [0.25, 0.3) is 0 Å². The van der Waals surface area contributed by atoms with Gasteiger partial charge >= 0.3 is 0 Å². The highest BCUT2D eigenvalue weighted by molar-refractivity contribution is 5.94. The Morgan fingerprint density at radius 2 is 1.87 bits per heavy atom. The summed E-state index contributed by atoms with van der Waals surface area (Å²) in [7, 11) is 0. The summed E-state index contributed by atoms with van der Waals surface area (Å²) in [5, 5.41) is 14.0. The first kappa shape index (κ1) is 21.6. The van der Waals surface area contributed by atoms with Crippen molar-refractivity contribution in [1.29, 1.82) is 5.41 Å². The average Bonchev–Trinajstić information content (AvgIpc) is 2.78. The zero-order chi connectivity index (χ0) is 21.2. The molecular weight excluding hydrogens is 382 g/mol. The fraction of sp³-hybridized carbons (Fsp3) is 0.391. The van der Waals surface area contributed by atoms with Crippen molar-refractivity contribution in [2.24, 2.45) is 0 Å². The molecule has 0 radical (unpaired) electrons. The zero-order valence-electron chi connectivity index (χ0n) is 17.3. The fourth-order valence-electron chi connectivity index (χ4n) is 3.18. The van der Waals surface area contributed by atoms with E-state index in [0.29, 0.717) is 36.6 Å². The smallest absolute Gasteiger partial charge is 0.251 e. The molecule has 1 heterocycles. The van der Waals surface area contributed by atoms with Gasteiger partial charge in [-0.2, -0.15) is 0 Å². The van der Waals surface area contributed by atoms with Crippen LogP contribution in [-0.4, -0.2) is 50.8 Å². The van der Waals surface area contributed by atoms with Gasteiger partial charge in [-0.25, -0.2) is 0 Å². The predicted octanol–water partition coefficient (Wildman–Crippen LogP) is 2.99. The Balaban J connectivity index is 1.41. The van der Waals surface area contributed by atoms with Crippen LogP contribution in [-0.2, 0) is 4.74 Å². The summed E-state index contributed by atoms with van der Waals surface area (Å²) in [6.07, 6.45) is 2.23. The minimum Gasteiger partial charge on any atom is -0.492 e. The molecule has 0 atom stereocenters. The van der Waals surface area contributed by atoms with Crippen molar-refractivity contribution < 1.29 is 19.0 Å². The largest absolute Gasteiger partial charge is 0.492 e. The maximum absolute atomic E-state index is 12.3. The molecule has 2 aromatic rings. The highest BCUT2D eigenvalue weighted by Gasteiger charge is 2.14. The number of piperidine rings is 1. The third-order valence-electron chi connectivity index (χ3n) is 4.75. The van der Waals surface area contributed by atoms with Crippen molar-refractivity contribution in [3.63, 3.8) is 0 Å². The maximum Gasteiger partial charge on any atom is 0.251 e. The van der Waals surface area contributed by atoms with Gasteiger partial charge in [0.1, 0.15) is 24.2 Å². The molecule has 1 aliphatic rings. The molecule has 0 spiro atoms. The zero-order valence-corrected chi connectivity index (χ0v) is 17.3. The van der Waals surface area contributed by atoms with Crippen LogP contribution in [0.1, 0.15) is 35.7 Å². The van der Waals surface area contributed by atoms with Gasteiger partial charge < -0.3 is 24.8 Å². The number of nitrogens with one attached hydrogen (secondary N) is 3.